The maximum absolute atomic E-state index is 12.0. The first-order valence-electron chi connectivity index (χ1n) is 8.67. The van der Waals surface area contributed by atoms with E-state index in [1.54, 1.807) is 6.33 Å². The van der Waals surface area contributed by atoms with E-state index in [1.165, 1.54) is 11.8 Å². The lowest BCUT2D eigenvalue weighted by molar-refractivity contribution is -0.118. The van der Waals surface area contributed by atoms with Crippen LogP contribution < -0.4 is 5.32 Å². The zero-order valence-corrected chi connectivity index (χ0v) is 15.7. The second kappa shape index (κ2) is 9.60. The number of thioether (sulfide) groups is 1. The largest absolute Gasteiger partial charge is 0.355 e. The second-order valence-corrected chi connectivity index (χ2v) is 7.07. The van der Waals surface area contributed by atoms with Crippen LogP contribution in [0.25, 0.3) is 0 Å². The van der Waals surface area contributed by atoms with Crippen molar-refractivity contribution >= 4 is 17.7 Å². The molecule has 0 saturated carbocycles. The Morgan fingerprint density at radius 2 is 1.93 bits per heavy atom. The minimum absolute atomic E-state index is 0.0296. The molecule has 1 amide bonds. The second-order valence-electron chi connectivity index (χ2n) is 6.02. The fourth-order valence-corrected chi connectivity index (χ4v) is 3.38. The van der Waals surface area contributed by atoms with Crippen molar-refractivity contribution in [3.05, 3.63) is 83.9 Å². The molecule has 0 fully saturated rings. The normalized spacial score (nSPS) is 10.3. The molecule has 3 aromatic rings. The van der Waals surface area contributed by atoms with Gasteiger partial charge in [0.05, 0.1) is 23.7 Å². The van der Waals surface area contributed by atoms with Gasteiger partial charge in [0.15, 0.2) is 0 Å². The molecule has 2 aromatic carbocycles. The Labute approximate surface area is 163 Å². The van der Waals surface area contributed by atoms with Crippen LogP contribution in [0.5, 0.6) is 0 Å². The monoisotopic (exact) mass is 376 g/mol. The van der Waals surface area contributed by atoms with Crippen LogP contribution >= 0.6 is 11.8 Å². The molecular weight excluding hydrogens is 356 g/mol. The van der Waals surface area contributed by atoms with E-state index in [1.807, 2.05) is 60.8 Å². The molecule has 0 unspecified atom stereocenters. The van der Waals surface area contributed by atoms with Crippen LogP contribution in [0.15, 0.2) is 72.0 Å². The molecule has 0 spiro atoms. The number of nitrogens with one attached hydrogen (secondary N) is 1. The smallest absolute Gasteiger partial charge is 0.230 e. The van der Waals surface area contributed by atoms with Gasteiger partial charge in [0.25, 0.3) is 0 Å². The number of benzene rings is 2. The average Bonchev–Trinajstić information content (AvgIpc) is 3.15. The quantitative estimate of drug-likeness (QED) is 0.613. The van der Waals surface area contributed by atoms with E-state index in [0.717, 1.165) is 22.6 Å². The summed E-state index contributed by atoms with van der Waals surface area (Å²) in [6.45, 7) is 1.27. The summed E-state index contributed by atoms with van der Waals surface area (Å²) >= 11 is 1.53. The molecule has 0 radical (unpaired) electrons. The fourth-order valence-electron chi connectivity index (χ4n) is 2.63. The van der Waals surface area contributed by atoms with E-state index in [2.05, 4.69) is 20.9 Å². The minimum Gasteiger partial charge on any atom is -0.355 e. The number of nitrogens with zero attached hydrogens (tertiary/aromatic N) is 3. The van der Waals surface area contributed by atoms with Gasteiger partial charge in [0.2, 0.25) is 5.91 Å². The Bertz CT molecular complexity index is 913. The maximum Gasteiger partial charge on any atom is 0.230 e. The zero-order chi connectivity index (χ0) is 18.9. The predicted octanol–water partition coefficient (Wildman–Crippen LogP) is 3.25. The lowest BCUT2D eigenvalue weighted by Gasteiger charge is -2.09. The van der Waals surface area contributed by atoms with Crippen molar-refractivity contribution in [1.82, 2.24) is 14.9 Å². The molecule has 3 rings (SSSR count). The third-order valence-corrected chi connectivity index (χ3v) is 5.06. The molecule has 1 N–H and O–H groups in total. The van der Waals surface area contributed by atoms with Gasteiger partial charge in [-0.15, -0.1) is 11.8 Å². The number of hydrogen-bond acceptors (Lipinski definition) is 4. The molecule has 0 atom stereocenters. The topological polar surface area (TPSA) is 70.7 Å². The van der Waals surface area contributed by atoms with E-state index in [4.69, 9.17) is 5.26 Å². The Hall–Kier alpha value is -3.04. The number of carbonyl (C=O) groups is 1. The molecule has 6 heteroatoms. The first-order valence-corrected chi connectivity index (χ1v) is 9.66. The zero-order valence-electron chi connectivity index (χ0n) is 14.8. The van der Waals surface area contributed by atoms with Crippen molar-refractivity contribution in [3.8, 4) is 6.07 Å². The number of carbonyl (C=O) groups excluding carboxylic acids is 1. The van der Waals surface area contributed by atoms with Crippen molar-refractivity contribution in [3.63, 3.8) is 0 Å². The van der Waals surface area contributed by atoms with Gasteiger partial charge < -0.3 is 9.88 Å². The van der Waals surface area contributed by atoms with Crippen LogP contribution in [0.3, 0.4) is 0 Å². The van der Waals surface area contributed by atoms with Crippen LogP contribution in [0.1, 0.15) is 16.8 Å². The Kier molecular flexibility index (Phi) is 6.66. The number of amides is 1. The van der Waals surface area contributed by atoms with Gasteiger partial charge in [0.1, 0.15) is 0 Å². The number of aromatic nitrogens is 2. The molecule has 0 aliphatic carbocycles. The highest BCUT2D eigenvalue weighted by Gasteiger charge is 2.06. The Balaban J connectivity index is 1.45. The van der Waals surface area contributed by atoms with Gasteiger partial charge in [-0.2, -0.15) is 5.26 Å². The van der Waals surface area contributed by atoms with Crippen molar-refractivity contribution < 1.29 is 4.79 Å². The highest BCUT2D eigenvalue weighted by Crippen LogP contribution is 2.16. The summed E-state index contributed by atoms with van der Waals surface area (Å²) in [4.78, 5) is 17.3. The molecule has 5 nitrogen and oxygen atoms in total. The summed E-state index contributed by atoms with van der Waals surface area (Å²) in [5.41, 5.74) is 2.83. The number of rotatable bonds is 8. The summed E-state index contributed by atoms with van der Waals surface area (Å²) in [5, 5.41) is 11.8. The van der Waals surface area contributed by atoms with Gasteiger partial charge in [-0.3, -0.25) is 4.79 Å². The molecule has 0 saturated heterocycles. The summed E-state index contributed by atoms with van der Waals surface area (Å²) in [5.74, 6) is 0.441. The average molecular weight is 376 g/mol. The summed E-state index contributed by atoms with van der Waals surface area (Å²) in [6, 6.07) is 19.6. The van der Waals surface area contributed by atoms with E-state index in [0.29, 0.717) is 24.4 Å². The van der Waals surface area contributed by atoms with Gasteiger partial charge >= 0.3 is 0 Å². The SMILES string of the molecule is N#Cc1ccc(Cn2cncc2CCNC(=O)CSc2ccccc2)cc1. The number of imidazole rings is 1. The van der Waals surface area contributed by atoms with E-state index >= 15 is 0 Å². The fraction of sp³-hybridized carbons (Fsp3) is 0.190. The summed E-state index contributed by atoms with van der Waals surface area (Å²) < 4.78 is 2.06. The molecule has 0 bridgehead atoms. The number of nitriles is 1. The van der Waals surface area contributed by atoms with Crippen LogP contribution in [-0.2, 0) is 17.8 Å². The third-order valence-electron chi connectivity index (χ3n) is 4.05. The van der Waals surface area contributed by atoms with Crippen molar-refractivity contribution in [2.24, 2.45) is 0 Å². The molecule has 136 valence electrons. The molecule has 0 aliphatic heterocycles. The highest BCUT2D eigenvalue weighted by molar-refractivity contribution is 8.00. The van der Waals surface area contributed by atoms with Crippen LogP contribution in [0, 0.1) is 11.3 Å². The van der Waals surface area contributed by atoms with Crippen molar-refractivity contribution in [1.29, 1.82) is 5.26 Å². The van der Waals surface area contributed by atoms with Gasteiger partial charge in [-0.05, 0) is 29.8 Å². The predicted molar refractivity (Wildman–Crippen MR) is 106 cm³/mol. The van der Waals surface area contributed by atoms with Crippen molar-refractivity contribution in [2.75, 3.05) is 12.3 Å². The van der Waals surface area contributed by atoms with E-state index < -0.39 is 0 Å². The summed E-state index contributed by atoms with van der Waals surface area (Å²) in [6.07, 6.45) is 4.34. The summed E-state index contributed by atoms with van der Waals surface area (Å²) in [7, 11) is 0. The van der Waals surface area contributed by atoms with Crippen LogP contribution in [-0.4, -0.2) is 27.8 Å². The molecular formula is C21H20N4OS. The molecule has 0 aliphatic rings. The molecule has 1 heterocycles. The Morgan fingerprint density at radius 3 is 2.67 bits per heavy atom. The standard InChI is InChI=1S/C21H20N4OS/c22-12-17-6-8-18(9-7-17)14-25-16-23-13-19(25)10-11-24-21(26)15-27-20-4-2-1-3-5-20/h1-9,13,16H,10-11,14-15H2,(H,24,26). The molecule has 1 aromatic heterocycles. The van der Waals surface area contributed by atoms with Crippen LogP contribution in [0.4, 0.5) is 0 Å². The first-order chi connectivity index (χ1) is 13.2. The number of hydrogen-bond donors (Lipinski definition) is 1. The maximum atomic E-state index is 12.0. The van der Waals surface area contributed by atoms with Crippen molar-refractivity contribution in [2.45, 2.75) is 17.9 Å². The Morgan fingerprint density at radius 1 is 1.15 bits per heavy atom. The lowest BCUT2D eigenvalue weighted by atomic mass is 10.1. The molecule has 27 heavy (non-hydrogen) atoms. The minimum atomic E-state index is 0.0296. The van der Waals surface area contributed by atoms with Gasteiger partial charge in [-0.25, -0.2) is 4.98 Å². The van der Waals surface area contributed by atoms with E-state index in [9.17, 15) is 4.79 Å². The van der Waals surface area contributed by atoms with Gasteiger partial charge in [0, 0.05) is 36.3 Å². The lowest BCUT2D eigenvalue weighted by Crippen LogP contribution is -2.27. The highest BCUT2D eigenvalue weighted by atomic mass is 32.2. The van der Waals surface area contributed by atoms with Gasteiger partial charge in [-0.1, -0.05) is 30.3 Å². The first kappa shape index (κ1) is 18.7. The van der Waals surface area contributed by atoms with E-state index in [-0.39, 0.29) is 5.91 Å². The van der Waals surface area contributed by atoms with Crippen LogP contribution in [0.2, 0.25) is 0 Å². The third kappa shape index (κ3) is 5.73.